The molecule has 82 valence electrons. The smallest absolute Gasteiger partial charge is 0.306 e. The van der Waals surface area contributed by atoms with Gasteiger partial charge < -0.3 is 9.84 Å². The van der Waals surface area contributed by atoms with Gasteiger partial charge in [0.05, 0.1) is 12.8 Å². The van der Waals surface area contributed by atoms with E-state index < -0.39 is 17.5 Å². The third-order valence-electron chi connectivity index (χ3n) is 2.40. The number of carboxylic acid groups (broad SMARTS) is 1. The van der Waals surface area contributed by atoms with Crippen molar-refractivity contribution in [3.63, 3.8) is 0 Å². The van der Waals surface area contributed by atoms with E-state index in [1.165, 1.54) is 0 Å². The number of rotatable bonds is 6. The highest BCUT2D eigenvalue weighted by atomic mass is 16.6. The molecule has 0 aliphatic rings. The maximum atomic E-state index is 11.2. The lowest BCUT2D eigenvalue weighted by Gasteiger charge is -2.26. The number of esters is 1. The van der Waals surface area contributed by atoms with Gasteiger partial charge >= 0.3 is 11.9 Å². The topological polar surface area (TPSA) is 63.6 Å². The summed E-state index contributed by atoms with van der Waals surface area (Å²) in [6.45, 7) is 5.73. The molecule has 0 saturated carbocycles. The Labute approximate surface area is 84.3 Å². The summed E-state index contributed by atoms with van der Waals surface area (Å²) in [4.78, 5) is 21.4. The second-order valence-corrected chi connectivity index (χ2v) is 3.52. The number of aliphatic carboxylic acids is 1. The first-order valence-corrected chi connectivity index (χ1v) is 4.87. The fourth-order valence-electron chi connectivity index (χ4n) is 0.929. The molecule has 0 aromatic rings. The van der Waals surface area contributed by atoms with Gasteiger partial charge in [-0.15, -0.1) is 0 Å². The Kier molecular flexibility index (Phi) is 5.20. The largest absolute Gasteiger partial charge is 0.481 e. The zero-order valence-electron chi connectivity index (χ0n) is 9.00. The van der Waals surface area contributed by atoms with Crippen LogP contribution in [0.1, 0.15) is 46.5 Å². The van der Waals surface area contributed by atoms with Crippen LogP contribution in [0.2, 0.25) is 0 Å². The molecule has 0 aliphatic heterocycles. The van der Waals surface area contributed by atoms with Gasteiger partial charge in [0.15, 0.2) is 0 Å². The van der Waals surface area contributed by atoms with Crippen molar-refractivity contribution in [2.75, 3.05) is 0 Å². The molecule has 0 fully saturated rings. The molecule has 0 heterocycles. The summed E-state index contributed by atoms with van der Waals surface area (Å²) in [6, 6.07) is 0. The van der Waals surface area contributed by atoms with Gasteiger partial charge in [-0.3, -0.25) is 9.59 Å². The van der Waals surface area contributed by atoms with Crippen LogP contribution >= 0.6 is 0 Å². The van der Waals surface area contributed by atoms with Crippen LogP contribution in [-0.2, 0) is 14.3 Å². The molecule has 0 atom stereocenters. The Morgan fingerprint density at radius 3 is 2.07 bits per heavy atom. The van der Waals surface area contributed by atoms with Crippen LogP contribution in [0.4, 0.5) is 0 Å². The van der Waals surface area contributed by atoms with Crippen molar-refractivity contribution in [1.29, 1.82) is 0 Å². The van der Waals surface area contributed by atoms with Gasteiger partial charge in [0.25, 0.3) is 0 Å². The number of carbonyl (C=O) groups is 2. The zero-order valence-corrected chi connectivity index (χ0v) is 9.00. The molecule has 0 aliphatic carbocycles. The minimum absolute atomic E-state index is 0.0507. The Bertz CT molecular complexity index is 206. The molecule has 0 amide bonds. The number of hydrogen-bond acceptors (Lipinski definition) is 3. The minimum Gasteiger partial charge on any atom is -0.481 e. The summed E-state index contributed by atoms with van der Waals surface area (Å²) in [5.41, 5.74) is -0.449. The number of carboxylic acids is 1. The predicted octanol–water partition coefficient (Wildman–Crippen LogP) is 1.97. The fourth-order valence-corrected chi connectivity index (χ4v) is 0.929. The summed E-state index contributed by atoms with van der Waals surface area (Å²) >= 11 is 0. The minimum atomic E-state index is -0.975. The van der Waals surface area contributed by atoms with Crippen LogP contribution in [0, 0.1) is 0 Å². The molecular weight excluding hydrogens is 184 g/mol. The van der Waals surface area contributed by atoms with Crippen LogP contribution in [0.15, 0.2) is 0 Å². The van der Waals surface area contributed by atoms with E-state index in [0.717, 1.165) is 12.8 Å². The molecule has 0 aromatic carbocycles. The number of ether oxygens (including phenoxy) is 1. The Balaban J connectivity index is 3.97. The van der Waals surface area contributed by atoms with Crippen molar-refractivity contribution in [2.45, 2.75) is 52.1 Å². The average molecular weight is 202 g/mol. The Hall–Kier alpha value is -1.06. The summed E-state index contributed by atoms with van der Waals surface area (Å²) < 4.78 is 5.18. The molecule has 0 aromatic heterocycles. The van der Waals surface area contributed by atoms with Gasteiger partial charge in [0, 0.05) is 0 Å². The molecule has 0 saturated heterocycles. The summed E-state index contributed by atoms with van der Waals surface area (Å²) in [5, 5.41) is 8.37. The highest BCUT2D eigenvalue weighted by Crippen LogP contribution is 2.20. The molecule has 0 rings (SSSR count). The molecule has 0 spiro atoms. The van der Waals surface area contributed by atoms with Gasteiger partial charge in [-0.25, -0.2) is 0 Å². The lowest BCUT2D eigenvalue weighted by Crippen LogP contribution is -2.30. The van der Waals surface area contributed by atoms with E-state index in [-0.39, 0.29) is 12.8 Å². The van der Waals surface area contributed by atoms with E-state index in [2.05, 4.69) is 0 Å². The van der Waals surface area contributed by atoms with Crippen LogP contribution in [0.3, 0.4) is 0 Å². The van der Waals surface area contributed by atoms with Crippen LogP contribution < -0.4 is 0 Å². The van der Waals surface area contributed by atoms with Crippen molar-refractivity contribution in [2.24, 2.45) is 0 Å². The summed E-state index contributed by atoms with van der Waals surface area (Å²) in [6.07, 6.45) is 1.26. The van der Waals surface area contributed by atoms with Gasteiger partial charge in [-0.05, 0) is 19.8 Å². The first kappa shape index (κ1) is 12.9. The van der Waals surface area contributed by atoms with E-state index in [1.807, 2.05) is 20.8 Å². The highest BCUT2D eigenvalue weighted by Gasteiger charge is 2.24. The third kappa shape index (κ3) is 4.84. The maximum Gasteiger partial charge on any atom is 0.306 e. The average Bonchev–Trinajstić information content (AvgIpc) is 2.14. The zero-order chi connectivity index (χ0) is 11.2. The molecule has 0 unspecified atom stereocenters. The van der Waals surface area contributed by atoms with Gasteiger partial charge in [-0.1, -0.05) is 13.8 Å². The Morgan fingerprint density at radius 2 is 1.71 bits per heavy atom. The quantitative estimate of drug-likeness (QED) is 0.669. The van der Waals surface area contributed by atoms with Crippen molar-refractivity contribution >= 4 is 11.9 Å². The maximum absolute atomic E-state index is 11.2. The lowest BCUT2D eigenvalue weighted by atomic mass is 10.0. The van der Waals surface area contributed by atoms with E-state index in [0.29, 0.717) is 0 Å². The van der Waals surface area contributed by atoms with E-state index >= 15 is 0 Å². The molecule has 0 radical (unpaired) electrons. The molecule has 14 heavy (non-hydrogen) atoms. The first-order chi connectivity index (χ1) is 6.43. The molecule has 0 bridgehead atoms. The SMILES string of the molecule is CCC(C)(CC)OC(=O)CCC(=O)O. The molecule has 1 N–H and O–H groups in total. The van der Waals surface area contributed by atoms with Gasteiger partial charge in [0.1, 0.15) is 5.60 Å². The van der Waals surface area contributed by atoms with Crippen molar-refractivity contribution in [3.05, 3.63) is 0 Å². The van der Waals surface area contributed by atoms with E-state index in [9.17, 15) is 9.59 Å². The second kappa shape index (κ2) is 5.62. The van der Waals surface area contributed by atoms with Gasteiger partial charge in [0.2, 0.25) is 0 Å². The lowest BCUT2D eigenvalue weighted by molar-refractivity contribution is -0.160. The number of carbonyl (C=O) groups excluding carboxylic acids is 1. The monoisotopic (exact) mass is 202 g/mol. The summed E-state index contributed by atoms with van der Waals surface area (Å²) in [5.74, 6) is -1.41. The van der Waals surface area contributed by atoms with Crippen molar-refractivity contribution < 1.29 is 19.4 Å². The number of hydrogen-bond donors (Lipinski definition) is 1. The highest BCUT2D eigenvalue weighted by molar-refractivity contribution is 5.76. The Morgan fingerprint density at radius 1 is 1.21 bits per heavy atom. The van der Waals surface area contributed by atoms with E-state index in [1.54, 1.807) is 0 Å². The van der Waals surface area contributed by atoms with E-state index in [4.69, 9.17) is 9.84 Å². The van der Waals surface area contributed by atoms with Crippen LogP contribution in [-0.4, -0.2) is 22.6 Å². The molecular formula is C10H18O4. The first-order valence-electron chi connectivity index (χ1n) is 4.87. The predicted molar refractivity (Wildman–Crippen MR) is 51.9 cm³/mol. The van der Waals surface area contributed by atoms with Crippen molar-refractivity contribution in [3.8, 4) is 0 Å². The third-order valence-corrected chi connectivity index (χ3v) is 2.40. The van der Waals surface area contributed by atoms with Crippen molar-refractivity contribution in [1.82, 2.24) is 0 Å². The normalized spacial score (nSPS) is 11.1. The summed E-state index contributed by atoms with van der Waals surface area (Å²) in [7, 11) is 0. The van der Waals surface area contributed by atoms with Crippen LogP contribution in [0.25, 0.3) is 0 Å². The standard InChI is InChI=1S/C10H18O4/c1-4-10(3,5-2)14-9(13)7-6-8(11)12/h4-7H2,1-3H3,(H,11,12). The fraction of sp³-hybridized carbons (Fsp3) is 0.800. The van der Waals surface area contributed by atoms with Crippen LogP contribution in [0.5, 0.6) is 0 Å². The molecule has 4 nitrogen and oxygen atoms in total. The van der Waals surface area contributed by atoms with Gasteiger partial charge in [-0.2, -0.15) is 0 Å². The second-order valence-electron chi connectivity index (χ2n) is 3.52. The molecule has 4 heteroatoms.